The topological polar surface area (TPSA) is 58.0 Å². The van der Waals surface area contributed by atoms with Gasteiger partial charge in [-0.05, 0) is 12.8 Å². The van der Waals surface area contributed by atoms with Crippen LogP contribution in [-0.4, -0.2) is 27.7 Å². The van der Waals surface area contributed by atoms with Crippen LogP contribution in [0.2, 0.25) is 0 Å². The number of aliphatic hydroxyl groups excluding tert-OH is 1. The van der Waals surface area contributed by atoms with Crippen molar-refractivity contribution in [2.45, 2.75) is 25.4 Å². The van der Waals surface area contributed by atoms with Gasteiger partial charge in [0, 0.05) is 18.5 Å². The van der Waals surface area contributed by atoms with Gasteiger partial charge in [-0.2, -0.15) is 4.39 Å². The summed E-state index contributed by atoms with van der Waals surface area (Å²) >= 11 is 0. The van der Waals surface area contributed by atoms with Crippen LogP contribution in [-0.2, 0) is 0 Å². The Labute approximate surface area is 87.6 Å². The first-order valence-corrected chi connectivity index (χ1v) is 5.15. The highest BCUT2D eigenvalue weighted by atomic mass is 19.1. The van der Waals surface area contributed by atoms with Gasteiger partial charge in [0.25, 0.3) is 0 Å². The Kier molecular flexibility index (Phi) is 3.11. The van der Waals surface area contributed by atoms with Crippen molar-refractivity contribution in [3.63, 3.8) is 0 Å². The number of rotatable bonds is 3. The van der Waals surface area contributed by atoms with Crippen LogP contribution in [0.5, 0.6) is 0 Å². The molecule has 5 heteroatoms. The zero-order chi connectivity index (χ0) is 10.7. The average Bonchev–Trinajstić information content (AvgIpc) is 2.61. The molecule has 0 aliphatic heterocycles. The number of nitrogens with one attached hydrogen (secondary N) is 1. The molecular formula is C10H14FN3O. The van der Waals surface area contributed by atoms with Crippen molar-refractivity contribution in [2.24, 2.45) is 5.92 Å². The molecule has 1 aromatic rings. The predicted molar refractivity (Wildman–Crippen MR) is 53.8 cm³/mol. The number of nitrogens with zero attached hydrogens (tertiary/aromatic N) is 2. The Morgan fingerprint density at radius 3 is 3.00 bits per heavy atom. The Morgan fingerprint density at radius 2 is 2.33 bits per heavy atom. The number of aliphatic hydroxyl groups is 1. The van der Waals surface area contributed by atoms with Crippen molar-refractivity contribution in [1.29, 1.82) is 0 Å². The van der Waals surface area contributed by atoms with Gasteiger partial charge < -0.3 is 10.4 Å². The van der Waals surface area contributed by atoms with Gasteiger partial charge in [-0.25, -0.2) is 9.97 Å². The second-order valence-corrected chi connectivity index (χ2v) is 3.87. The highest BCUT2D eigenvalue weighted by Gasteiger charge is 2.24. The first kappa shape index (κ1) is 10.3. The molecule has 0 amide bonds. The molecule has 0 saturated heterocycles. The van der Waals surface area contributed by atoms with Gasteiger partial charge in [0.15, 0.2) is 0 Å². The van der Waals surface area contributed by atoms with Crippen LogP contribution in [0.25, 0.3) is 0 Å². The molecule has 1 aliphatic rings. The number of aromatic nitrogens is 2. The summed E-state index contributed by atoms with van der Waals surface area (Å²) < 4.78 is 12.7. The lowest BCUT2D eigenvalue weighted by molar-refractivity contribution is 0.138. The van der Waals surface area contributed by atoms with E-state index in [9.17, 15) is 9.50 Å². The zero-order valence-electron chi connectivity index (χ0n) is 8.36. The summed E-state index contributed by atoms with van der Waals surface area (Å²) in [6.45, 7) is 0.637. The normalized spacial score (nSPS) is 25.5. The van der Waals surface area contributed by atoms with E-state index in [0.29, 0.717) is 12.4 Å². The molecule has 2 N–H and O–H groups in total. The molecule has 0 aromatic carbocycles. The molecule has 0 radical (unpaired) electrons. The molecule has 1 aromatic heterocycles. The van der Waals surface area contributed by atoms with Crippen LogP contribution in [0.15, 0.2) is 12.4 Å². The summed E-state index contributed by atoms with van der Waals surface area (Å²) in [4.78, 5) is 7.25. The van der Waals surface area contributed by atoms with Crippen molar-refractivity contribution in [2.75, 3.05) is 11.9 Å². The fourth-order valence-electron chi connectivity index (χ4n) is 1.92. The SMILES string of the molecule is OC1CCCC1CNc1cc(F)ncn1. The maximum absolute atomic E-state index is 12.7. The van der Waals surface area contributed by atoms with Crippen LogP contribution >= 0.6 is 0 Å². The maximum atomic E-state index is 12.7. The Bertz CT molecular complexity index is 334. The molecule has 1 aliphatic carbocycles. The van der Waals surface area contributed by atoms with Gasteiger partial charge in [0.2, 0.25) is 5.95 Å². The maximum Gasteiger partial charge on any atom is 0.217 e. The minimum atomic E-state index is -0.542. The Balaban J connectivity index is 1.87. The fraction of sp³-hybridized carbons (Fsp3) is 0.600. The number of hydrogen-bond acceptors (Lipinski definition) is 4. The number of anilines is 1. The monoisotopic (exact) mass is 211 g/mol. The van der Waals surface area contributed by atoms with Crippen molar-refractivity contribution in [1.82, 2.24) is 9.97 Å². The second-order valence-electron chi connectivity index (χ2n) is 3.87. The molecule has 2 atom stereocenters. The van der Waals surface area contributed by atoms with E-state index in [2.05, 4.69) is 15.3 Å². The van der Waals surface area contributed by atoms with E-state index in [4.69, 9.17) is 0 Å². The molecule has 0 spiro atoms. The predicted octanol–water partition coefficient (Wildman–Crippen LogP) is 1.19. The van der Waals surface area contributed by atoms with Gasteiger partial charge in [0.05, 0.1) is 6.10 Å². The minimum absolute atomic E-state index is 0.232. The molecule has 2 unspecified atom stereocenters. The summed E-state index contributed by atoms with van der Waals surface area (Å²) in [6, 6.07) is 1.25. The quantitative estimate of drug-likeness (QED) is 0.737. The fourth-order valence-corrected chi connectivity index (χ4v) is 1.92. The highest BCUT2D eigenvalue weighted by molar-refractivity contribution is 5.32. The molecule has 82 valence electrons. The summed E-state index contributed by atoms with van der Waals surface area (Å²) in [5, 5.41) is 12.6. The Morgan fingerprint density at radius 1 is 1.47 bits per heavy atom. The first-order valence-electron chi connectivity index (χ1n) is 5.15. The summed E-state index contributed by atoms with van der Waals surface area (Å²) in [5.74, 6) is 0.184. The third-order valence-corrected chi connectivity index (χ3v) is 2.80. The minimum Gasteiger partial charge on any atom is -0.393 e. The lowest BCUT2D eigenvalue weighted by atomic mass is 10.1. The van der Waals surface area contributed by atoms with Gasteiger partial charge in [0.1, 0.15) is 12.1 Å². The molecule has 2 rings (SSSR count). The van der Waals surface area contributed by atoms with Gasteiger partial charge in [-0.3, -0.25) is 0 Å². The van der Waals surface area contributed by atoms with Crippen LogP contribution in [0.1, 0.15) is 19.3 Å². The van der Waals surface area contributed by atoms with E-state index in [1.807, 2.05) is 0 Å². The second kappa shape index (κ2) is 4.53. The lowest BCUT2D eigenvalue weighted by Crippen LogP contribution is -2.22. The molecule has 1 saturated carbocycles. The highest BCUT2D eigenvalue weighted by Crippen LogP contribution is 2.25. The third-order valence-electron chi connectivity index (χ3n) is 2.80. The van der Waals surface area contributed by atoms with E-state index in [1.165, 1.54) is 12.4 Å². The summed E-state index contributed by atoms with van der Waals surface area (Å²) in [5.41, 5.74) is 0. The Hall–Kier alpha value is -1.23. The number of halogens is 1. The average molecular weight is 211 g/mol. The standard InChI is InChI=1S/C10H14FN3O/c11-9-4-10(14-6-13-9)12-5-7-2-1-3-8(7)15/h4,6-8,15H,1-3,5H2,(H,12,13,14). The van der Waals surface area contributed by atoms with Crippen LogP contribution in [0, 0.1) is 11.9 Å². The third kappa shape index (κ3) is 2.62. The van der Waals surface area contributed by atoms with Crippen LogP contribution in [0.4, 0.5) is 10.2 Å². The van der Waals surface area contributed by atoms with E-state index >= 15 is 0 Å². The van der Waals surface area contributed by atoms with Gasteiger partial charge in [-0.1, -0.05) is 6.42 Å². The van der Waals surface area contributed by atoms with Crippen LogP contribution < -0.4 is 5.32 Å². The summed E-state index contributed by atoms with van der Waals surface area (Å²) in [6.07, 6.45) is 3.89. The van der Waals surface area contributed by atoms with E-state index < -0.39 is 5.95 Å². The van der Waals surface area contributed by atoms with E-state index in [0.717, 1.165) is 19.3 Å². The summed E-state index contributed by atoms with van der Waals surface area (Å²) in [7, 11) is 0. The molecule has 15 heavy (non-hydrogen) atoms. The molecule has 4 nitrogen and oxygen atoms in total. The van der Waals surface area contributed by atoms with E-state index in [1.54, 1.807) is 0 Å². The largest absolute Gasteiger partial charge is 0.393 e. The molecule has 0 bridgehead atoms. The van der Waals surface area contributed by atoms with Crippen molar-refractivity contribution in [3.05, 3.63) is 18.3 Å². The first-order chi connectivity index (χ1) is 7.25. The zero-order valence-corrected chi connectivity index (χ0v) is 8.36. The molecule has 1 heterocycles. The van der Waals surface area contributed by atoms with Crippen LogP contribution in [0.3, 0.4) is 0 Å². The van der Waals surface area contributed by atoms with Gasteiger partial charge >= 0.3 is 0 Å². The van der Waals surface area contributed by atoms with Gasteiger partial charge in [-0.15, -0.1) is 0 Å². The lowest BCUT2D eigenvalue weighted by Gasteiger charge is -2.15. The van der Waals surface area contributed by atoms with Crippen molar-refractivity contribution in [3.8, 4) is 0 Å². The molecule has 1 fully saturated rings. The van der Waals surface area contributed by atoms with Crippen molar-refractivity contribution < 1.29 is 9.50 Å². The number of hydrogen-bond donors (Lipinski definition) is 2. The van der Waals surface area contributed by atoms with Crippen molar-refractivity contribution >= 4 is 5.82 Å². The molecular weight excluding hydrogens is 197 g/mol. The van der Waals surface area contributed by atoms with E-state index in [-0.39, 0.29) is 12.0 Å². The smallest absolute Gasteiger partial charge is 0.217 e.